The van der Waals surface area contributed by atoms with E-state index in [0.717, 1.165) is 35.5 Å². The second-order valence-electron chi connectivity index (χ2n) is 12.3. The van der Waals surface area contributed by atoms with Crippen molar-refractivity contribution in [3.8, 4) is 33.9 Å². The number of hydrogen-bond acceptors (Lipinski definition) is 1. The lowest BCUT2D eigenvalue weighted by molar-refractivity contribution is 0.965. The van der Waals surface area contributed by atoms with Crippen molar-refractivity contribution < 1.29 is 0 Å². The molecule has 0 N–H and O–H groups in total. The van der Waals surface area contributed by atoms with E-state index in [1.54, 1.807) is 0 Å². The van der Waals surface area contributed by atoms with Gasteiger partial charge in [0.2, 0.25) is 0 Å². The average Bonchev–Trinajstić information content (AvgIpc) is 3.65. The summed E-state index contributed by atoms with van der Waals surface area (Å²) in [7, 11) is 0. The smallest absolute Gasteiger partial charge is 0.138 e. The number of nitrogens with zero attached hydrogens (tertiary/aromatic N) is 3. The lowest BCUT2D eigenvalue weighted by Crippen LogP contribution is -2.05. The van der Waals surface area contributed by atoms with Crippen molar-refractivity contribution in [2.45, 2.75) is 12.8 Å². The summed E-state index contributed by atoms with van der Waals surface area (Å²) in [5, 5.41) is 5.28. The van der Waals surface area contributed by atoms with Crippen molar-refractivity contribution in [3.05, 3.63) is 163 Å². The number of para-hydroxylation sites is 2. The fourth-order valence-corrected chi connectivity index (χ4v) is 7.83. The highest BCUT2D eigenvalue weighted by Crippen LogP contribution is 2.46. The lowest BCUT2D eigenvalue weighted by Gasteiger charge is -2.18. The highest BCUT2D eigenvalue weighted by molar-refractivity contribution is 6.22. The molecule has 0 aliphatic heterocycles. The van der Waals surface area contributed by atoms with Crippen molar-refractivity contribution in [2.24, 2.45) is 0 Å². The molecule has 0 atom stereocenters. The maximum Gasteiger partial charge on any atom is 0.138 e. The number of benzene rings is 6. The van der Waals surface area contributed by atoms with Crippen LogP contribution in [0.1, 0.15) is 11.1 Å². The van der Waals surface area contributed by atoms with E-state index in [4.69, 9.17) is 4.98 Å². The Hall–Kier alpha value is -5.93. The molecule has 9 aromatic rings. The molecular weight excluding hydrogens is 558 g/mol. The van der Waals surface area contributed by atoms with Gasteiger partial charge >= 0.3 is 0 Å². The van der Waals surface area contributed by atoms with Gasteiger partial charge < -0.3 is 4.57 Å². The van der Waals surface area contributed by atoms with E-state index in [1.807, 2.05) is 0 Å². The molecule has 3 heteroatoms. The van der Waals surface area contributed by atoms with Crippen LogP contribution >= 0.6 is 0 Å². The molecule has 0 bridgehead atoms. The Morgan fingerprint density at radius 1 is 0.457 bits per heavy atom. The molecule has 1 aliphatic carbocycles. The van der Waals surface area contributed by atoms with E-state index in [9.17, 15) is 0 Å². The molecule has 3 aromatic heterocycles. The third-order valence-corrected chi connectivity index (χ3v) is 9.78. The Morgan fingerprint density at radius 3 is 1.96 bits per heavy atom. The highest BCUT2D eigenvalue weighted by atomic mass is 15.1. The molecule has 0 radical (unpaired) electrons. The Labute approximate surface area is 266 Å². The molecule has 0 saturated heterocycles. The quantitative estimate of drug-likeness (QED) is 0.201. The van der Waals surface area contributed by atoms with Gasteiger partial charge in [-0.25, -0.2) is 4.98 Å². The first-order chi connectivity index (χ1) is 22.8. The molecule has 0 unspecified atom stereocenters. The number of aromatic nitrogens is 3. The van der Waals surface area contributed by atoms with Gasteiger partial charge in [0.1, 0.15) is 5.82 Å². The fourth-order valence-electron chi connectivity index (χ4n) is 7.83. The van der Waals surface area contributed by atoms with Gasteiger partial charge in [-0.2, -0.15) is 0 Å². The van der Waals surface area contributed by atoms with Gasteiger partial charge in [-0.05, 0) is 77.6 Å². The minimum absolute atomic E-state index is 0.944. The first-order valence-electron chi connectivity index (χ1n) is 16.0. The second kappa shape index (κ2) is 9.79. The molecule has 0 fully saturated rings. The predicted octanol–water partition coefficient (Wildman–Crippen LogP) is 10.7. The van der Waals surface area contributed by atoms with Crippen molar-refractivity contribution in [2.75, 3.05) is 0 Å². The van der Waals surface area contributed by atoms with E-state index in [1.165, 1.54) is 66.0 Å². The van der Waals surface area contributed by atoms with Crippen LogP contribution in [0.5, 0.6) is 0 Å². The Bertz CT molecular complexity index is 2550. The summed E-state index contributed by atoms with van der Waals surface area (Å²) < 4.78 is 4.91. The largest absolute Gasteiger partial charge is 0.309 e. The molecule has 0 saturated carbocycles. The summed E-state index contributed by atoms with van der Waals surface area (Å²) in [5.41, 5.74) is 13.5. The van der Waals surface area contributed by atoms with Crippen LogP contribution in [-0.4, -0.2) is 14.1 Å². The molecule has 1 aliphatic rings. The third kappa shape index (κ3) is 3.63. The molecule has 0 spiro atoms. The van der Waals surface area contributed by atoms with E-state index in [0.29, 0.717) is 0 Å². The monoisotopic (exact) mass is 587 g/mol. The van der Waals surface area contributed by atoms with Crippen LogP contribution in [0.25, 0.3) is 77.5 Å². The first-order valence-corrected chi connectivity index (χ1v) is 16.0. The zero-order valence-electron chi connectivity index (χ0n) is 25.2. The third-order valence-electron chi connectivity index (χ3n) is 9.78. The van der Waals surface area contributed by atoms with Crippen molar-refractivity contribution in [3.63, 3.8) is 0 Å². The number of fused-ring (bicyclic) bond motifs is 4. The number of rotatable bonds is 4. The maximum atomic E-state index is 5.42. The van der Waals surface area contributed by atoms with Crippen molar-refractivity contribution >= 4 is 43.6 Å². The molecule has 10 rings (SSSR count). The normalized spacial score (nSPS) is 12.6. The topological polar surface area (TPSA) is 22.8 Å². The van der Waals surface area contributed by atoms with E-state index in [-0.39, 0.29) is 0 Å². The zero-order valence-corrected chi connectivity index (χ0v) is 25.2. The van der Waals surface area contributed by atoms with Crippen LogP contribution in [0.4, 0.5) is 0 Å². The molecule has 3 heterocycles. The molecular formula is C43H29N3. The molecule has 216 valence electrons. The molecule has 6 aromatic carbocycles. The van der Waals surface area contributed by atoms with Gasteiger partial charge in [-0.15, -0.1) is 0 Å². The summed E-state index contributed by atoms with van der Waals surface area (Å²) in [6.07, 6.45) is 2.00. The second-order valence-corrected chi connectivity index (χ2v) is 12.3. The van der Waals surface area contributed by atoms with Crippen LogP contribution < -0.4 is 0 Å². The zero-order chi connectivity index (χ0) is 30.2. The van der Waals surface area contributed by atoms with Gasteiger partial charge in [-0.3, -0.25) is 4.57 Å². The van der Waals surface area contributed by atoms with E-state index >= 15 is 0 Å². The summed E-state index contributed by atoms with van der Waals surface area (Å²) >= 11 is 0. The van der Waals surface area contributed by atoms with Crippen LogP contribution in [0.15, 0.2) is 152 Å². The van der Waals surface area contributed by atoms with E-state index in [2.05, 4.69) is 161 Å². The van der Waals surface area contributed by atoms with E-state index < -0.39 is 0 Å². The fraction of sp³-hybridized carbons (Fsp3) is 0.0465. The van der Waals surface area contributed by atoms with Crippen molar-refractivity contribution in [1.82, 2.24) is 14.1 Å². The average molecular weight is 588 g/mol. The van der Waals surface area contributed by atoms with Gasteiger partial charge in [-0.1, -0.05) is 109 Å². The van der Waals surface area contributed by atoms with Gasteiger partial charge in [0, 0.05) is 32.8 Å². The van der Waals surface area contributed by atoms with Crippen molar-refractivity contribution in [1.29, 1.82) is 0 Å². The van der Waals surface area contributed by atoms with Gasteiger partial charge in [0.05, 0.1) is 27.8 Å². The molecule has 0 amide bonds. The summed E-state index contributed by atoms with van der Waals surface area (Å²) in [6.45, 7) is 0. The van der Waals surface area contributed by atoms with Crippen LogP contribution in [0.2, 0.25) is 0 Å². The minimum atomic E-state index is 0.944. The Balaban J connectivity index is 1.37. The lowest BCUT2D eigenvalue weighted by atomic mass is 9.89. The predicted molar refractivity (Wildman–Crippen MR) is 191 cm³/mol. The van der Waals surface area contributed by atoms with Gasteiger partial charge in [0.25, 0.3) is 0 Å². The first kappa shape index (κ1) is 25.4. The minimum Gasteiger partial charge on any atom is -0.309 e. The summed E-state index contributed by atoms with van der Waals surface area (Å²) in [4.78, 5) is 5.42. The highest BCUT2D eigenvalue weighted by Gasteiger charge is 2.27. The molecule has 3 nitrogen and oxygen atoms in total. The number of hydrogen-bond donors (Lipinski definition) is 0. The van der Waals surface area contributed by atoms with Gasteiger partial charge in [0.15, 0.2) is 0 Å². The number of aryl methyl sites for hydroxylation is 2. The Kier molecular flexibility index (Phi) is 5.40. The van der Waals surface area contributed by atoms with Crippen LogP contribution in [0, 0.1) is 0 Å². The number of pyridine rings is 1. The Morgan fingerprint density at radius 2 is 1.15 bits per heavy atom. The summed E-state index contributed by atoms with van der Waals surface area (Å²) in [5.74, 6) is 0.944. The standard InChI is InChI=1S/C43H29N3/c1-4-13-28(14-5-1)31-25-36(29-15-6-2-7-16-29)44-40(26-31)46-37-21-11-10-20-33(37)35-27-39-42-34(43(35)46)24-23-30-17-12-22-38(41(30)42)45(39)32-18-8-3-9-19-32/h1-22,25-27H,23-24H2. The summed E-state index contributed by atoms with van der Waals surface area (Å²) in [6, 6.07) is 54.6. The SMILES string of the molecule is c1ccc(-c2cc(-c3ccccc3)nc(-n3c4ccccc4c4cc5c6c(c43)CCc3cccc(c36)n5-c3ccccc3)c2)cc1. The maximum absolute atomic E-state index is 5.42. The van der Waals surface area contributed by atoms with Crippen LogP contribution in [-0.2, 0) is 12.8 Å². The molecule has 46 heavy (non-hydrogen) atoms. The van der Waals surface area contributed by atoms with Crippen LogP contribution in [0.3, 0.4) is 0 Å².